The Bertz CT molecular complexity index is 239. The Morgan fingerprint density at radius 1 is 1.62 bits per heavy atom. The van der Waals surface area contributed by atoms with Gasteiger partial charge in [-0.15, -0.1) is 0 Å². The van der Waals surface area contributed by atoms with Crippen LogP contribution >= 0.6 is 0 Å². The van der Waals surface area contributed by atoms with Crippen molar-refractivity contribution in [2.45, 2.75) is 44.8 Å². The zero-order valence-corrected chi connectivity index (χ0v) is 8.11. The third-order valence-electron chi connectivity index (χ3n) is 2.65. The fourth-order valence-corrected chi connectivity index (χ4v) is 1.72. The van der Waals surface area contributed by atoms with Crippen molar-refractivity contribution in [2.75, 3.05) is 0 Å². The highest BCUT2D eigenvalue weighted by atomic mass is 15.3. The van der Waals surface area contributed by atoms with Crippen LogP contribution in [0.1, 0.15) is 26.2 Å². The van der Waals surface area contributed by atoms with Crippen molar-refractivity contribution in [3.05, 3.63) is 18.5 Å². The largest absolute Gasteiger partial charge is 0.310 e. The first kappa shape index (κ1) is 8.75. The first-order chi connectivity index (χ1) is 6.34. The van der Waals surface area contributed by atoms with Gasteiger partial charge in [0.25, 0.3) is 0 Å². The monoisotopic (exact) mass is 179 g/mol. The molecular weight excluding hydrogens is 162 g/mol. The molecule has 0 bridgehead atoms. The van der Waals surface area contributed by atoms with Gasteiger partial charge < -0.3 is 5.32 Å². The van der Waals surface area contributed by atoms with Crippen LogP contribution in [0.4, 0.5) is 0 Å². The van der Waals surface area contributed by atoms with E-state index < -0.39 is 0 Å². The zero-order valence-electron chi connectivity index (χ0n) is 8.11. The summed E-state index contributed by atoms with van der Waals surface area (Å²) in [7, 11) is 0. The van der Waals surface area contributed by atoms with Crippen LogP contribution < -0.4 is 5.32 Å². The molecule has 1 fully saturated rings. The second-order valence-corrected chi connectivity index (χ2v) is 3.92. The van der Waals surface area contributed by atoms with E-state index in [2.05, 4.69) is 17.3 Å². The molecular formula is C10H17N3. The molecule has 0 amide bonds. The van der Waals surface area contributed by atoms with E-state index in [4.69, 9.17) is 0 Å². The molecule has 3 nitrogen and oxygen atoms in total. The average molecular weight is 179 g/mol. The van der Waals surface area contributed by atoms with E-state index in [1.54, 1.807) is 0 Å². The number of nitrogens with one attached hydrogen (secondary N) is 1. The molecule has 0 saturated heterocycles. The van der Waals surface area contributed by atoms with E-state index in [-0.39, 0.29) is 0 Å². The minimum Gasteiger partial charge on any atom is -0.310 e. The number of hydrogen-bond acceptors (Lipinski definition) is 2. The first-order valence-electron chi connectivity index (χ1n) is 5.08. The summed E-state index contributed by atoms with van der Waals surface area (Å²) in [5.74, 6) is 0. The van der Waals surface area contributed by atoms with Gasteiger partial charge in [0, 0.05) is 24.5 Å². The van der Waals surface area contributed by atoms with Gasteiger partial charge in [0.05, 0.1) is 6.54 Å². The Morgan fingerprint density at radius 2 is 2.46 bits per heavy atom. The molecule has 0 spiro atoms. The van der Waals surface area contributed by atoms with Crippen LogP contribution in [-0.2, 0) is 6.54 Å². The fraction of sp³-hybridized carbons (Fsp3) is 0.700. The van der Waals surface area contributed by atoms with Gasteiger partial charge in [0.2, 0.25) is 0 Å². The molecule has 3 heteroatoms. The van der Waals surface area contributed by atoms with E-state index in [9.17, 15) is 0 Å². The summed E-state index contributed by atoms with van der Waals surface area (Å²) in [6, 6.07) is 3.27. The van der Waals surface area contributed by atoms with Crippen molar-refractivity contribution in [1.82, 2.24) is 15.1 Å². The normalized spacial score (nSPS) is 19.8. The maximum Gasteiger partial charge on any atom is 0.0560 e. The maximum atomic E-state index is 4.18. The van der Waals surface area contributed by atoms with Crippen molar-refractivity contribution >= 4 is 0 Å². The summed E-state index contributed by atoms with van der Waals surface area (Å²) in [5, 5.41) is 7.78. The lowest BCUT2D eigenvalue weighted by Crippen LogP contribution is -2.42. The van der Waals surface area contributed by atoms with Crippen molar-refractivity contribution < 1.29 is 0 Å². The molecule has 1 aromatic heterocycles. The van der Waals surface area contributed by atoms with Crippen molar-refractivity contribution in [1.29, 1.82) is 0 Å². The van der Waals surface area contributed by atoms with E-state index in [1.807, 2.05) is 23.1 Å². The van der Waals surface area contributed by atoms with Gasteiger partial charge in [-0.05, 0) is 25.8 Å². The smallest absolute Gasteiger partial charge is 0.0560 e. The minimum atomic E-state index is 0.533. The molecule has 1 aliphatic rings. The van der Waals surface area contributed by atoms with Crippen LogP contribution in [0, 0.1) is 0 Å². The van der Waals surface area contributed by atoms with Gasteiger partial charge in [-0.25, -0.2) is 0 Å². The lowest BCUT2D eigenvalue weighted by atomic mass is 9.92. The number of hydrogen-bond donors (Lipinski definition) is 1. The molecule has 0 radical (unpaired) electrons. The van der Waals surface area contributed by atoms with Crippen molar-refractivity contribution in [3.8, 4) is 0 Å². The van der Waals surface area contributed by atoms with Gasteiger partial charge in [0.15, 0.2) is 0 Å². The standard InChI is InChI=1S/C10H17N3/c1-9(12-10-4-2-5-10)8-13-7-3-6-11-13/h3,6-7,9-10,12H,2,4-5,8H2,1H3. The molecule has 13 heavy (non-hydrogen) atoms. The Hall–Kier alpha value is -0.830. The van der Waals surface area contributed by atoms with Crippen LogP contribution in [0.2, 0.25) is 0 Å². The number of aromatic nitrogens is 2. The topological polar surface area (TPSA) is 29.9 Å². The third kappa shape index (κ3) is 2.31. The molecule has 0 aliphatic heterocycles. The van der Waals surface area contributed by atoms with E-state index in [0.717, 1.165) is 12.6 Å². The molecule has 2 rings (SSSR count). The predicted molar refractivity (Wildman–Crippen MR) is 52.5 cm³/mol. The minimum absolute atomic E-state index is 0.533. The van der Waals surface area contributed by atoms with E-state index in [0.29, 0.717) is 6.04 Å². The maximum absolute atomic E-state index is 4.18. The number of nitrogens with zero attached hydrogens (tertiary/aromatic N) is 2. The lowest BCUT2D eigenvalue weighted by molar-refractivity contribution is 0.293. The van der Waals surface area contributed by atoms with Crippen molar-refractivity contribution in [2.24, 2.45) is 0 Å². The van der Waals surface area contributed by atoms with Crippen molar-refractivity contribution in [3.63, 3.8) is 0 Å². The SMILES string of the molecule is CC(Cn1cccn1)NC1CCC1. The quantitative estimate of drug-likeness (QED) is 0.757. The van der Waals surface area contributed by atoms with Crippen LogP contribution in [0.3, 0.4) is 0 Å². The summed E-state index contributed by atoms with van der Waals surface area (Å²) < 4.78 is 1.98. The molecule has 1 N–H and O–H groups in total. The van der Waals surface area contributed by atoms with Crippen LogP contribution in [-0.4, -0.2) is 21.9 Å². The lowest BCUT2D eigenvalue weighted by Gasteiger charge is -2.29. The zero-order chi connectivity index (χ0) is 9.10. The van der Waals surface area contributed by atoms with Gasteiger partial charge in [-0.2, -0.15) is 5.10 Å². The van der Waals surface area contributed by atoms with Crippen LogP contribution in [0.25, 0.3) is 0 Å². The molecule has 1 aromatic rings. The summed E-state index contributed by atoms with van der Waals surface area (Å²) in [6.45, 7) is 3.20. The molecule has 1 heterocycles. The molecule has 1 atom stereocenters. The van der Waals surface area contributed by atoms with Crippen LogP contribution in [0.15, 0.2) is 18.5 Å². The second kappa shape index (κ2) is 3.92. The Labute approximate surface area is 79.1 Å². The van der Waals surface area contributed by atoms with E-state index >= 15 is 0 Å². The summed E-state index contributed by atoms with van der Waals surface area (Å²) in [6.07, 6.45) is 7.94. The number of rotatable bonds is 4. The molecule has 1 aliphatic carbocycles. The highest BCUT2D eigenvalue weighted by Gasteiger charge is 2.18. The van der Waals surface area contributed by atoms with Crippen LogP contribution in [0.5, 0.6) is 0 Å². The highest BCUT2D eigenvalue weighted by Crippen LogP contribution is 2.18. The molecule has 72 valence electrons. The summed E-state index contributed by atoms with van der Waals surface area (Å²) in [5.41, 5.74) is 0. The molecule has 1 saturated carbocycles. The van der Waals surface area contributed by atoms with E-state index in [1.165, 1.54) is 19.3 Å². The Morgan fingerprint density at radius 3 is 3.00 bits per heavy atom. The molecule has 0 aromatic carbocycles. The average Bonchev–Trinajstić information content (AvgIpc) is 2.49. The fourth-order valence-electron chi connectivity index (χ4n) is 1.72. The second-order valence-electron chi connectivity index (χ2n) is 3.92. The molecule has 1 unspecified atom stereocenters. The van der Waals surface area contributed by atoms with Gasteiger partial charge in [-0.3, -0.25) is 4.68 Å². The van der Waals surface area contributed by atoms with Gasteiger partial charge >= 0.3 is 0 Å². The highest BCUT2D eigenvalue weighted by molar-refractivity contribution is 4.82. The van der Waals surface area contributed by atoms with Gasteiger partial charge in [0.1, 0.15) is 0 Å². The Kier molecular flexibility index (Phi) is 2.64. The summed E-state index contributed by atoms with van der Waals surface area (Å²) in [4.78, 5) is 0. The first-order valence-corrected chi connectivity index (χ1v) is 5.08. The van der Waals surface area contributed by atoms with Gasteiger partial charge in [-0.1, -0.05) is 6.42 Å². The third-order valence-corrected chi connectivity index (χ3v) is 2.65. The summed E-state index contributed by atoms with van der Waals surface area (Å²) >= 11 is 0. The Balaban J connectivity index is 1.74. The predicted octanol–water partition coefficient (Wildman–Crippen LogP) is 1.41.